The summed E-state index contributed by atoms with van der Waals surface area (Å²) in [7, 11) is 1.58. The van der Waals surface area contributed by atoms with Crippen molar-refractivity contribution >= 4 is 29.9 Å². The summed E-state index contributed by atoms with van der Waals surface area (Å²) in [5.74, 6) is 1.50. The number of nitrogens with zero attached hydrogens (tertiary/aromatic N) is 2. The number of benzene rings is 2. The summed E-state index contributed by atoms with van der Waals surface area (Å²) in [6, 6.07) is 12.5. The second-order valence-electron chi connectivity index (χ2n) is 7.83. The fourth-order valence-corrected chi connectivity index (χ4v) is 3.77. The summed E-state index contributed by atoms with van der Waals surface area (Å²) in [5, 5.41) is 17.0. The van der Waals surface area contributed by atoms with E-state index in [2.05, 4.69) is 27.4 Å². The second-order valence-corrected chi connectivity index (χ2v) is 7.83. The van der Waals surface area contributed by atoms with Gasteiger partial charge in [0.25, 0.3) is 0 Å². The maximum Gasteiger partial charge on any atom is 0.191 e. The van der Waals surface area contributed by atoms with E-state index in [-0.39, 0.29) is 35.5 Å². The third kappa shape index (κ3) is 8.12. The normalized spacial score (nSPS) is 15.2. The van der Waals surface area contributed by atoms with Crippen LogP contribution in [0.1, 0.15) is 30.9 Å². The second kappa shape index (κ2) is 13.5. The van der Waals surface area contributed by atoms with Crippen molar-refractivity contribution in [2.45, 2.75) is 38.8 Å². The minimum absolute atomic E-state index is 0. The first-order chi connectivity index (χ1) is 15.1. The molecule has 0 radical (unpaired) electrons. The Bertz CT molecular complexity index is 856. The third-order valence-corrected chi connectivity index (χ3v) is 5.54. The van der Waals surface area contributed by atoms with E-state index in [9.17, 15) is 9.50 Å². The number of phenols is 1. The molecule has 0 unspecified atom stereocenters. The number of nitrogens with one attached hydrogen (secondary N) is 2. The van der Waals surface area contributed by atoms with Crippen molar-refractivity contribution in [1.29, 1.82) is 0 Å². The van der Waals surface area contributed by atoms with E-state index in [0.29, 0.717) is 24.8 Å². The van der Waals surface area contributed by atoms with Gasteiger partial charge >= 0.3 is 0 Å². The monoisotopic (exact) mass is 556 g/mol. The number of hydrogen-bond donors (Lipinski definition) is 3. The Kier molecular flexibility index (Phi) is 11.0. The molecule has 0 aliphatic carbocycles. The van der Waals surface area contributed by atoms with Gasteiger partial charge in [0.2, 0.25) is 0 Å². The average molecular weight is 556 g/mol. The molecule has 176 valence electrons. The van der Waals surface area contributed by atoms with Crippen molar-refractivity contribution in [2.75, 3.05) is 33.3 Å². The predicted molar refractivity (Wildman–Crippen MR) is 138 cm³/mol. The largest absolute Gasteiger partial charge is 0.508 e. The molecule has 0 spiro atoms. The maximum atomic E-state index is 13.1. The Balaban J connectivity index is 0.00000363. The molecule has 1 saturated heterocycles. The summed E-state index contributed by atoms with van der Waals surface area (Å²) < 4.78 is 18.2. The predicted octanol–water partition coefficient (Wildman–Crippen LogP) is 3.92. The molecule has 2 aromatic rings. The van der Waals surface area contributed by atoms with Crippen LogP contribution in [0.3, 0.4) is 0 Å². The summed E-state index contributed by atoms with van der Waals surface area (Å²) in [5.41, 5.74) is 2.00. The highest BCUT2D eigenvalue weighted by Crippen LogP contribution is 2.23. The Hall–Kier alpha value is -2.07. The highest BCUT2D eigenvalue weighted by atomic mass is 127. The van der Waals surface area contributed by atoms with Gasteiger partial charge in [-0.15, -0.1) is 24.0 Å². The van der Waals surface area contributed by atoms with E-state index in [1.54, 1.807) is 13.2 Å². The van der Waals surface area contributed by atoms with Crippen LogP contribution in [-0.2, 0) is 13.0 Å². The van der Waals surface area contributed by atoms with Gasteiger partial charge in [0.1, 0.15) is 17.3 Å². The fraction of sp³-hybridized carbons (Fsp3) is 0.458. The van der Waals surface area contributed by atoms with Gasteiger partial charge in [-0.25, -0.2) is 4.39 Å². The minimum atomic E-state index is -0.191. The van der Waals surface area contributed by atoms with Crippen LogP contribution in [0.2, 0.25) is 0 Å². The first-order valence-corrected chi connectivity index (χ1v) is 10.9. The molecule has 0 saturated carbocycles. The molecular formula is C24H34FIN4O2. The number of ether oxygens (including phenoxy) is 1. The number of likely N-dealkylation sites (tertiary alicyclic amines) is 1. The van der Waals surface area contributed by atoms with Crippen molar-refractivity contribution < 1.29 is 14.2 Å². The zero-order valence-electron chi connectivity index (χ0n) is 18.8. The van der Waals surface area contributed by atoms with Crippen LogP contribution in [0.5, 0.6) is 11.5 Å². The van der Waals surface area contributed by atoms with Crippen molar-refractivity contribution in [3.63, 3.8) is 0 Å². The van der Waals surface area contributed by atoms with Gasteiger partial charge in [-0.05, 0) is 55.5 Å². The lowest BCUT2D eigenvalue weighted by Crippen LogP contribution is -2.48. The summed E-state index contributed by atoms with van der Waals surface area (Å²) in [4.78, 5) is 7.09. The van der Waals surface area contributed by atoms with Crippen molar-refractivity contribution in [3.05, 3.63) is 59.4 Å². The first kappa shape index (κ1) is 26.2. The van der Waals surface area contributed by atoms with Gasteiger partial charge in [-0.3, -0.25) is 9.89 Å². The molecule has 3 N–H and O–H groups in total. The van der Waals surface area contributed by atoms with Crippen molar-refractivity contribution in [3.8, 4) is 11.5 Å². The summed E-state index contributed by atoms with van der Waals surface area (Å²) >= 11 is 0. The molecule has 0 atom stereocenters. The summed E-state index contributed by atoms with van der Waals surface area (Å²) in [6.07, 6.45) is 2.72. The van der Waals surface area contributed by atoms with Crippen LogP contribution in [0.15, 0.2) is 47.5 Å². The molecule has 1 aliphatic heterocycles. The number of aromatic hydroxyl groups is 1. The molecular weight excluding hydrogens is 522 g/mol. The van der Waals surface area contributed by atoms with Crippen LogP contribution in [-0.4, -0.2) is 55.3 Å². The molecule has 6 nitrogen and oxygen atoms in total. The number of methoxy groups -OCH3 is 1. The van der Waals surface area contributed by atoms with Crippen LogP contribution in [0, 0.1) is 5.82 Å². The standard InChI is InChI=1S/C24H33FN4O2.HI/c1-3-26-24(27-13-10-19-6-9-22(31-2)16-23(19)30)28-21-11-14-29(15-12-21)17-18-4-7-20(25)8-5-18;/h4-9,16,21,30H,3,10-15,17H2,1-2H3,(H2,26,27,28);1H. The minimum Gasteiger partial charge on any atom is -0.508 e. The number of phenolic OH excluding ortho intramolecular Hbond substituents is 1. The van der Waals surface area contributed by atoms with Gasteiger partial charge in [-0.1, -0.05) is 18.2 Å². The molecule has 1 heterocycles. The maximum absolute atomic E-state index is 13.1. The van der Waals surface area contributed by atoms with Crippen LogP contribution in [0.25, 0.3) is 0 Å². The molecule has 1 fully saturated rings. The first-order valence-electron chi connectivity index (χ1n) is 10.9. The SMILES string of the molecule is CCNC(=NCCc1ccc(OC)cc1O)NC1CCN(Cc2ccc(F)cc2)CC1.I. The molecule has 2 aromatic carbocycles. The van der Waals surface area contributed by atoms with E-state index in [1.165, 1.54) is 12.1 Å². The Morgan fingerprint density at radius 2 is 1.91 bits per heavy atom. The molecule has 0 bridgehead atoms. The third-order valence-electron chi connectivity index (χ3n) is 5.54. The molecule has 1 aliphatic rings. The summed E-state index contributed by atoms with van der Waals surface area (Å²) in [6.45, 7) is 6.27. The van der Waals surface area contributed by atoms with E-state index in [4.69, 9.17) is 4.74 Å². The van der Waals surface area contributed by atoms with Gasteiger partial charge in [-0.2, -0.15) is 0 Å². The zero-order valence-corrected chi connectivity index (χ0v) is 21.1. The number of guanidine groups is 1. The Morgan fingerprint density at radius 3 is 2.53 bits per heavy atom. The molecule has 0 amide bonds. The quantitative estimate of drug-likeness (QED) is 0.262. The van der Waals surface area contributed by atoms with Gasteiger partial charge < -0.3 is 20.5 Å². The molecule has 32 heavy (non-hydrogen) atoms. The molecule has 8 heteroatoms. The number of halogens is 2. The fourth-order valence-electron chi connectivity index (χ4n) is 3.77. The van der Waals surface area contributed by atoms with E-state index >= 15 is 0 Å². The van der Waals surface area contributed by atoms with E-state index in [1.807, 2.05) is 24.3 Å². The van der Waals surface area contributed by atoms with E-state index in [0.717, 1.165) is 56.1 Å². The highest BCUT2D eigenvalue weighted by molar-refractivity contribution is 14.0. The Morgan fingerprint density at radius 1 is 1.19 bits per heavy atom. The average Bonchev–Trinajstić information content (AvgIpc) is 2.78. The Labute approximate surface area is 207 Å². The zero-order chi connectivity index (χ0) is 22.1. The lowest BCUT2D eigenvalue weighted by molar-refractivity contribution is 0.198. The number of hydrogen-bond acceptors (Lipinski definition) is 4. The van der Waals surface area contributed by atoms with Crippen molar-refractivity contribution in [2.24, 2.45) is 4.99 Å². The number of aliphatic imine (C=N–C) groups is 1. The van der Waals surface area contributed by atoms with Crippen LogP contribution >= 0.6 is 24.0 Å². The van der Waals surface area contributed by atoms with Crippen LogP contribution < -0.4 is 15.4 Å². The smallest absolute Gasteiger partial charge is 0.191 e. The topological polar surface area (TPSA) is 69.1 Å². The molecule has 3 rings (SSSR count). The number of piperidine rings is 1. The molecule has 0 aromatic heterocycles. The van der Waals surface area contributed by atoms with Gasteiger partial charge in [0.05, 0.1) is 7.11 Å². The van der Waals surface area contributed by atoms with Gasteiger partial charge in [0.15, 0.2) is 5.96 Å². The number of rotatable bonds is 8. The van der Waals surface area contributed by atoms with Gasteiger partial charge in [0, 0.05) is 44.8 Å². The van der Waals surface area contributed by atoms with Crippen molar-refractivity contribution in [1.82, 2.24) is 15.5 Å². The lowest BCUT2D eigenvalue weighted by Gasteiger charge is -2.33. The van der Waals surface area contributed by atoms with E-state index < -0.39 is 0 Å². The lowest BCUT2D eigenvalue weighted by atomic mass is 10.0. The van der Waals surface area contributed by atoms with Crippen LogP contribution in [0.4, 0.5) is 4.39 Å². The highest BCUT2D eigenvalue weighted by Gasteiger charge is 2.20.